The summed E-state index contributed by atoms with van der Waals surface area (Å²) in [5.74, 6) is 0.305. The molecule has 1 atom stereocenters. The van der Waals surface area contributed by atoms with Crippen LogP contribution >= 0.6 is 0 Å². The maximum absolute atomic E-state index is 12.3. The molecule has 0 unspecified atom stereocenters. The Kier molecular flexibility index (Phi) is 4.40. The number of carbonyl (C=O) groups is 1. The van der Waals surface area contributed by atoms with E-state index in [-0.39, 0.29) is 6.04 Å². The number of amides is 1. The standard InChI is InChI=1S/C13H25N3O/c1-15-9-6-11(7-10-15)16(2)13(17)12-5-3-4-8-14-12/h11-12,14H,3-10H2,1-2H3/t12-/m0/s1. The molecule has 0 saturated carbocycles. The summed E-state index contributed by atoms with van der Waals surface area (Å²) < 4.78 is 0. The summed E-state index contributed by atoms with van der Waals surface area (Å²) in [6, 6.07) is 0.524. The van der Waals surface area contributed by atoms with Gasteiger partial charge >= 0.3 is 0 Å². The molecule has 1 N–H and O–H groups in total. The van der Waals surface area contributed by atoms with Gasteiger partial charge in [-0.1, -0.05) is 6.42 Å². The molecule has 4 heteroatoms. The summed E-state index contributed by atoms with van der Waals surface area (Å²) in [7, 11) is 4.13. The Morgan fingerprint density at radius 3 is 2.53 bits per heavy atom. The molecule has 0 aromatic rings. The molecule has 0 aromatic carbocycles. The van der Waals surface area contributed by atoms with Crippen molar-refractivity contribution in [1.29, 1.82) is 0 Å². The average molecular weight is 239 g/mol. The van der Waals surface area contributed by atoms with Crippen molar-refractivity contribution in [3.05, 3.63) is 0 Å². The van der Waals surface area contributed by atoms with E-state index >= 15 is 0 Å². The minimum absolute atomic E-state index is 0.0772. The Balaban J connectivity index is 1.85. The van der Waals surface area contributed by atoms with Crippen molar-refractivity contribution in [3.8, 4) is 0 Å². The van der Waals surface area contributed by atoms with Gasteiger partial charge in [-0.15, -0.1) is 0 Å². The zero-order valence-electron chi connectivity index (χ0n) is 11.1. The number of hydrogen-bond donors (Lipinski definition) is 1. The first-order valence-electron chi connectivity index (χ1n) is 6.87. The first-order valence-corrected chi connectivity index (χ1v) is 6.87. The third-order valence-electron chi connectivity index (χ3n) is 4.19. The van der Waals surface area contributed by atoms with Crippen molar-refractivity contribution in [2.75, 3.05) is 33.7 Å². The molecule has 0 aromatic heterocycles. The summed E-state index contributed by atoms with van der Waals surface area (Å²) in [6.45, 7) is 3.22. The molecule has 98 valence electrons. The number of likely N-dealkylation sites (tertiary alicyclic amines) is 1. The third kappa shape index (κ3) is 3.19. The predicted molar refractivity (Wildman–Crippen MR) is 68.9 cm³/mol. The maximum Gasteiger partial charge on any atom is 0.239 e. The first kappa shape index (κ1) is 12.8. The molecule has 0 spiro atoms. The Hall–Kier alpha value is -0.610. The largest absolute Gasteiger partial charge is 0.341 e. The molecule has 17 heavy (non-hydrogen) atoms. The molecule has 4 nitrogen and oxygen atoms in total. The summed E-state index contributed by atoms with van der Waals surface area (Å²) in [5, 5.41) is 3.35. The highest BCUT2D eigenvalue weighted by atomic mass is 16.2. The van der Waals surface area contributed by atoms with E-state index < -0.39 is 0 Å². The zero-order valence-corrected chi connectivity index (χ0v) is 11.1. The van der Waals surface area contributed by atoms with E-state index in [4.69, 9.17) is 0 Å². The van der Waals surface area contributed by atoms with E-state index in [1.54, 1.807) is 0 Å². The number of rotatable bonds is 2. The van der Waals surface area contributed by atoms with Gasteiger partial charge in [0, 0.05) is 13.1 Å². The molecule has 2 fully saturated rings. The lowest BCUT2D eigenvalue weighted by Gasteiger charge is -2.37. The van der Waals surface area contributed by atoms with Crippen LogP contribution < -0.4 is 5.32 Å². The van der Waals surface area contributed by atoms with Crippen LogP contribution in [0.15, 0.2) is 0 Å². The summed E-state index contributed by atoms with van der Waals surface area (Å²) in [5.41, 5.74) is 0. The lowest BCUT2D eigenvalue weighted by Crippen LogP contribution is -2.52. The van der Waals surface area contributed by atoms with Crippen molar-refractivity contribution in [1.82, 2.24) is 15.1 Å². The second-order valence-electron chi connectivity index (χ2n) is 5.49. The second kappa shape index (κ2) is 5.83. The fraction of sp³-hybridized carbons (Fsp3) is 0.923. The van der Waals surface area contributed by atoms with Crippen molar-refractivity contribution in [2.45, 2.75) is 44.2 Å². The van der Waals surface area contributed by atoms with E-state index in [1.807, 2.05) is 11.9 Å². The first-order chi connectivity index (χ1) is 8.18. The van der Waals surface area contributed by atoms with Gasteiger partial charge in [0.25, 0.3) is 0 Å². The lowest BCUT2D eigenvalue weighted by atomic mass is 10.00. The van der Waals surface area contributed by atoms with Crippen LogP contribution in [0.25, 0.3) is 0 Å². The molecular formula is C13H25N3O. The van der Waals surface area contributed by atoms with E-state index in [1.165, 1.54) is 12.8 Å². The van der Waals surface area contributed by atoms with Crippen LogP contribution in [0.5, 0.6) is 0 Å². The van der Waals surface area contributed by atoms with Gasteiger partial charge in [0.15, 0.2) is 0 Å². The Labute approximate surface area is 104 Å². The molecule has 0 bridgehead atoms. The van der Waals surface area contributed by atoms with Crippen molar-refractivity contribution < 1.29 is 4.79 Å². The minimum Gasteiger partial charge on any atom is -0.341 e. The average Bonchev–Trinajstić information content (AvgIpc) is 2.39. The van der Waals surface area contributed by atoms with Gasteiger partial charge in [0.05, 0.1) is 6.04 Å². The van der Waals surface area contributed by atoms with Gasteiger partial charge < -0.3 is 15.1 Å². The molecular weight excluding hydrogens is 214 g/mol. The van der Waals surface area contributed by atoms with Gasteiger partial charge in [-0.25, -0.2) is 0 Å². The molecule has 1 amide bonds. The summed E-state index contributed by atoms with van der Waals surface area (Å²) in [4.78, 5) is 16.7. The fourth-order valence-corrected chi connectivity index (χ4v) is 2.87. The van der Waals surface area contributed by atoms with Crippen LogP contribution in [-0.2, 0) is 4.79 Å². The monoisotopic (exact) mass is 239 g/mol. The smallest absolute Gasteiger partial charge is 0.239 e. The van der Waals surface area contributed by atoms with E-state index in [2.05, 4.69) is 17.3 Å². The highest BCUT2D eigenvalue weighted by molar-refractivity contribution is 5.82. The Bertz CT molecular complexity index is 255. The lowest BCUT2D eigenvalue weighted by molar-refractivity contribution is -0.135. The highest BCUT2D eigenvalue weighted by Crippen LogP contribution is 2.17. The fourth-order valence-electron chi connectivity index (χ4n) is 2.87. The number of nitrogens with one attached hydrogen (secondary N) is 1. The van der Waals surface area contributed by atoms with Crippen LogP contribution in [0, 0.1) is 0 Å². The van der Waals surface area contributed by atoms with Gasteiger partial charge in [0.1, 0.15) is 0 Å². The SMILES string of the molecule is CN1CCC(N(C)C(=O)[C@@H]2CCCCN2)CC1. The number of hydrogen-bond acceptors (Lipinski definition) is 3. The Morgan fingerprint density at radius 1 is 1.24 bits per heavy atom. The molecule has 2 rings (SSSR count). The van der Waals surface area contributed by atoms with Crippen LogP contribution in [0.3, 0.4) is 0 Å². The number of nitrogens with zero attached hydrogens (tertiary/aromatic N) is 2. The number of carbonyl (C=O) groups excluding carboxylic acids is 1. The number of likely N-dealkylation sites (N-methyl/N-ethyl adjacent to an activating group) is 1. The van der Waals surface area contributed by atoms with Crippen LogP contribution in [0.1, 0.15) is 32.1 Å². The van der Waals surface area contributed by atoms with Crippen LogP contribution in [-0.4, -0.2) is 61.5 Å². The minimum atomic E-state index is 0.0772. The topological polar surface area (TPSA) is 35.6 Å². The van der Waals surface area contributed by atoms with Crippen LogP contribution in [0.2, 0.25) is 0 Å². The molecule has 2 heterocycles. The van der Waals surface area contributed by atoms with Crippen molar-refractivity contribution >= 4 is 5.91 Å². The molecule has 2 aliphatic heterocycles. The van der Waals surface area contributed by atoms with Gasteiger partial charge in [-0.3, -0.25) is 4.79 Å². The van der Waals surface area contributed by atoms with Gasteiger partial charge in [-0.2, -0.15) is 0 Å². The van der Waals surface area contributed by atoms with E-state index in [0.717, 1.165) is 38.9 Å². The molecule has 0 aliphatic carbocycles. The van der Waals surface area contributed by atoms with Crippen LogP contribution in [0.4, 0.5) is 0 Å². The van der Waals surface area contributed by atoms with Gasteiger partial charge in [0.2, 0.25) is 5.91 Å². The van der Waals surface area contributed by atoms with Gasteiger partial charge in [-0.05, 0) is 52.4 Å². The number of piperidine rings is 2. The maximum atomic E-state index is 12.3. The second-order valence-corrected chi connectivity index (χ2v) is 5.49. The zero-order chi connectivity index (χ0) is 12.3. The highest BCUT2D eigenvalue weighted by Gasteiger charge is 2.29. The van der Waals surface area contributed by atoms with E-state index in [9.17, 15) is 4.79 Å². The van der Waals surface area contributed by atoms with Crippen molar-refractivity contribution in [2.24, 2.45) is 0 Å². The van der Waals surface area contributed by atoms with Crippen molar-refractivity contribution in [3.63, 3.8) is 0 Å². The molecule has 0 radical (unpaired) electrons. The molecule has 2 aliphatic rings. The quantitative estimate of drug-likeness (QED) is 0.770. The van der Waals surface area contributed by atoms with E-state index in [0.29, 0.717) is 11.9 Å². The third-order valence-corrected chi connectivity index (χ3v) is 4.19. The Morgan fingerprint density at radius 2 is 1.94 bits per heavy atom. The predicted octanol–water partition coefficient (Wildman–Crippen LogP) is 0.681. The summed E-state index contributed by atoms with van der Waals surface area (Å²) in [6.07, 6.45) is 5.64. The molecule has 2 saturated heterocycles. The summed E-state index contributed by atoms with van der Waals surface area (Å²) >= 11 is 0. The normalized spacial score (nSPS) is 28.0.